The normalized spacial score (nSPS) is 12.2. The van der Waals surface area contributed by atoms with Crippen molar-refractivity contribution in [2.75, 3.05) is 12.9 Å². The first-order valence-electron chi connectivity index (χ1n) is 8.91. The van der Waals surface area contributed by atoms with Crippen molar-refractivity contribution in [3.63, 3.8) is 0 Å². The van der Waals surface area contributed by atoms with Crippen molar-refractivity contribution in [1.29, 1.82) is 0 Å². The van der Waals surface area contributed by atoms with Gasteiger partial charge in [-0.3, -0.25) is 4.98 Å². The van der Waals surface area contributed by atoms with Crippen LogP contribution in [0.1, 0.15) is 19.8 Å². The van der Waals surface area contributed by atoms with E-state index < -0.39 is 19.7 Å². The molecule has 0 fully saturated rings. The third-order valence-corrected chi connectivity index (χ3v) is 7.77. The molecule has 0 bridgehead atoms. The maximum Gasteiger partial charge on any atom is 0.209 e. The lowest BCUT2D eigenvalue weighted by molar-refractivity contribution is 0.309. The Morgan fingerprint density at radius 3 is 2.28 bits per heavy atom. The van der Waals surface area contributed by atoms with Gasteiger partial charge in [-0.2, -0.15) is 0 Å². The fourth-order valence-corrected chi connectivity index (χ4v) is 5.15. The molecule has 1 heterocycles. The summed E-state index contributed by atoms with van der Waals surface area (Å²) in [6, 6.07) is 10.3. The summed E-state index contributed by atoms with van der Waals surface area (Å²) in [5.41, 5.74) is 0.404. The molecule has 0 atom stereocenters. The molecule has 0 amide bonds. The number of hydrogen-bond donors (Lipinski definition) is 0. The quantitative estimate of drug-likeness (QED) is 0.495. The van der Waals surface area contributed by atoms with Crippen molar-refractivity contribution < 1.29 is 21.6 Å². The highest BCUT2D eigenvalue weighted by atomic mass is 35.5. The summed E-state index contributed by atoms with van der Waals surface area (Å²) >= 11 is 6.38. The lowest BCUT2D eigenvalue weighted by Gasteiger charge is -2.11. The first kappa shape index (κ1) is 21.5. The molecule has 3 aromatic rings. The van der Waals surface area contributed by atoms with Crippen LogP contribution in [-0.2, 0) is 19.7 Å². The number of fused-ring (bicyclic) bond motifs is 1. The third kappa shape index (κ3) is 4.55. The molecular formula is C20H20ClNO5S2. The minimum atomic E-state index is -3.95. The molecule has 0 aliphatic heterocycles. The molecule has 29 heavy (non-hydrogen) atoms. The second-order valence-electron chi connectivity index (χ2n) is 6.56. The summed E-state index contributed by atoms with van der Waals surface area (Å²) in [7, 11) is -7.43. The second-order valence-corrected chi connectivity index (χ2v) is 10.9. The monoisotopic (exact) mass is 453 g/mol. The van der Waals surface area contributed by atoms with Crippen molar-refractivity contribution in [2.24, 2.45) is 0 Å². The summed E-state index contributed by atoms with van der Waals surface area (Å²) in [4.78, 5) is 4.04. The van der Waals surface area contributed by atoms with E-state index in [1.54, 1.807) is 12.1 Å². The number of pyridine rings is 1. The molecule has 0 saturated heterocycles. The Morgan fingerprint density at radius 2 is 1.66 bits per heavy atom. The molecule has 3 rings (SSSR count). The third-order valence-electron chi connectivity index (χ3n) is 4.36. The first-order chi connectivity index (χ1) is 13.6. The van der Waals surface area contributed by atoms with E-state index in [1.165, 1.54) is 36.5 Å². The van der Waals surface area contributed by atoms with E-state index in [2.05, 4.69) is 11.9 Å². The van der Waals surface area contributed by atoms with Gasteiger partial charge in [0.15, 0.2) is 9.84 Å². The van der Waals surface area contributed by atoms with Gasteiger partial charge in [0, 0.05) is 17.8 Å². The van der Waals surface area contributed by atoms with Crippen molar-refractivity contribution in [1.82, 2.24) is 4.98 Å². The van der Waals surface area contributed by atoms with Gasteiger partial charge < -0.3 is 4.74 Å². The lowest BCUT2D eigenvalue weighted by atomic mass is 10.2. The predicted molar refractivity (Wildman–Crippen MR) is 112 cm³/mol. The van der Waals surface area contributed by atoms with E-state index in [9.17, 15) is 16.8 Å². The van der Waals surface area contributed by atoms with E-state index in [1.807, 2.05) is 0 Å². The van der Waals surface area contributed by atoms with Gasteiger partial charge in [0.25, 0.3) is 0 Å². The van der Waals surface area contributed by atoms with Crippen LogP contribution in [0, 0.1) is 0 Å². The van der Waals surface area contributed by atoms with E-state index in [-0.39, 0.29) is 25.1 Å². The fourth-order valence-electron chi connectivity index (χ4n) is 2.72. The molecule has 0 unspecified atom stereocenters. The molecule has 0 saturated carbocycles. The maximum absolute atomic E-state index is 13.1. The molecule has 6 nitrogen and oxygen atoms in total. The molecule has 0 spiro atoms. The van der Waals surface area contributed by atoms with Gasteiger partial charge in [0.2, 0.25) is 9.84 Å². The number of benzene rings is 2. The molecule has 0 aliphatic carbocycles. The van der Waals surface area contributed by atoms with Gasteiger partial charge in [0.1, 0.15) is 10.6 Å². The van der Waals surface area contributed by atoms with Gasteiger partial charge in [-0.25, -0.2) is 16.8 Å². The number of hydrogen-bond acceptors (Lipinski definition) is 6. The van der Waals surface area contributed by atoms with Gasteiger partial charge in [-0.1, -0.05) is 24.9 Å². The number of aromatic nitrogens is 1. The molecule has 0 radical (unpaired) electrons. The van der Waals surface area contributed by atoms with Gasteiger partial charge in [-0.15, -0.1) is 0 Å². The van der Waals surface area contributed by atoms with Crippen molar-refractivity contribution >= 4 is 42.2 Å². The standard InChI is InChI=1S/C20H20ClNO5S2/c1-3-4-11-27-14-5-7-15(8-6-14)29(25,26)19-13-22-18-10-9-16(28(2,23)24)12-17(18)20(19)21/h5-10,12-13H,3-4,11H2,1-2H3. The average Bonchev–Trinajstić information content (AvgIpc) is 2.68. The topological polar surface area (TPSA) is 90.4 Å². The molecule has 1 aromatic heterocycles. The van der Waals surface area contributed by atoms with Crippen molar-refractivity contribution in [3.05, 3.63) is 53.7 Å². The Labute approximate surface area is 175 Å². The van der Waals surface area contributed by atoms with Crippen LogP contribution < -0.4 is 4.74 Å². The smallest absolute Gasteiger partial charge is 0.209 e. The van der Waals surface area contributed by atoms with Crippen molar-refractivity contribution in [2.45, 2.75) is 34.5 Å². The highest BCUT2D eigenvalue weighted by Crippen LogP contribution is 2.34. The van der Waals surface area contributed by atoms with Crippen LogP contribution in [0.2, 0.25) is 5.02 Å². The fraction of sp³-hybridized carbons (Fsp3) is 0.250. The highest BCUT2D eigenvalue weighted by Gasteiger charge is 2.23. The SMILES string of the molecule is CCCCOc1ccc(S(=O)(=O)c2cnc3ccc(S(C)(=O)=O)cc3c2Cl)cc1. The van der Waals surface area contributed by atoms with E-state index in [0.29, 0.717) is 17.9 Å². The van der Waals surface area contributed by atoms with Crippen molar-refractivity contribution in [3.8, 4) is 5.75 Å². The number of nitrogens with zero attached hydrogens (tertiary/aromatic N) is 1. The summed E-state index contributed by atoms with van der Waals surface area (Å²) in [6.45, 7) is 2.62. The predicted octanol–water partition coefficient (Wildman–Crippen LogP) is 4.30. The molecule has 0 N–H and O–H groups in total. The largest absolute Gasteiger partial charge is 0.494 e. The molecule has 9 heteroatoms. The van der Waals surface area contributed by atoms with Gasteiger partial charge >= 0.3 is 0 Å². The van der Waals surface area contributed by atoms with E-state index >= 15 is 0 Å². The van der Waals surface area contributed by atoms with Crippen LogP contribution in [0.4, 0.5) is 0 Å². The summed E-state index contributed by atoms with van der Waals surface area (Å²) in [5, 5.41) is 0.193. The van der Waals surface area contributed by atoms with Crippen LogP contribution >= 0.6 is 11.6 Å². The Hall–Kier alpha value is -2.16. The van der Waals surface area contributed by atoms with Crippen LogP contribution in [0.15, 0.2) is 63.3 Å². The maximum atomic E-state index is 13.1. The van der Waals surface area contributed by atoms with Crippen LogP contribution in [0.25, 0.3) is 10.9 Å². The molecule has 0 aliphatic rings. The molecular weight excluding hydrogens is 434 g/mol. The van der Waals surface area contributed by atoms with Crippen LogP contribution in [0.3, 0.4) is 0 Å². The first-order valence-corrected chi connectivity index (χ1v) is 12.7. The van der Waals surface area contributed by atoms with E-state index in [4.69, 9.17) is 16.3 Å². The Morgan fingerprint density at radius 1 is 1.00 bits per heavy atom. The summed E-state index contributed by atoms with van der Waals surface area (Å²) in [5.74, 6) is 0.581. The molecule has 154 valence electrons. The zero-order valence-corrected chi connectivity index (χ0v) is 18.3. The zero-order chi connectivity index (χ0) is 21.2. The van der Waals surface area contributed by atoms with Crippen LogP contribution in [-0.4, -0.2) is 34.7 Å². The highest BCUT2D eigenvalue weighted by molar-refractivity contribution is 7.91. The minimum Gasteiger partial charge on any atom is -0.494 e. The Balaban J connectivity index is 2.03. The summed E-state index contributed by atoms with van der Waals surface area (Å²) in [6.07, 6.45) is 4.17. The Bertz CT molecular complexity index is 1250. The van der Waals surface area contributed by atoms with Gasteiger partial charge in [0.05, 0.1) is 26.9 Å². The number of sulfone groups is 2. The summed E-state index contributed by atoms with van der Waals surface area (Å²) < 4.78 is 55.3. The number of rotatable bonds is 7. The van der Waals surface area contributed by atoms with Gasteiger partial charge in [-0.05, 0) is 48.9 Å². The van der Waals surface area contributed by atoms with Crippen LogP contribution in [0.5, 0.6) is 5.75 Å². The van der Waals surface area contributed by atoms with E-state index in [0.717, 1.165) is 19.1 Å². The number of ether oxygens (including phenoxy) is 1. The second kappa shape index (κ2) is 8.30. The molecule has 2 aromatic carbocycles. The minimum absolute atomic E-state index is 0.0387. The zero-order valence-electron chi connectivity index (χ0n) is 15.9. The number of halogens is 1. The Kier molecular flexibility index (Phi) is 6.16. The number of unbranched alkanes of at least 4 members (excludes halogenated alkanes) is 1. The lowest BCUT2D eigenvalue weighted by Crippen LogP contribution is -2.05. The average molecular weight is 454 g/mol.